The topological polar surface area (TPSA) is 111 Å². The van der Waals surface area contributed by atoms with Crippen molar-refractivity contribution in [2.75, 3.05) is 47.5 Å². The van der Waals surface area contributed by atoms with Crippen LogP contribution in [0.3, 0.4) is 0 Å². The Hall–Kier alpha value is -3.79. The second kappa shape index (κ2) is 60.3. The lowest BCUT2D eigenvalue weighted by atomic mass is 10.0. The van der Waals surface area contributed by atoms with Gasteiger partial charge in [0.2, 0.25) is 0 Å². The number of carboxylic acid groups (broad SMARTS) is 1. The van der Waals surface area contributed by atoms with E-state index >= 15 is 0 Å². The van der Waals surface area contributed by atoms with Crippen molar-refractivity contribution in [3.63, 3.8) is 0 Å². The van der Waals surface area contributed by atoms with Crippen LogP contribution in [0.1, 0.15) is 271 Å². The number of carbonyl (C=O) groups is 3. The summed E-state index contributed by atoms with van der Waals surface area (Å²) >= 11 is 0. The number of nitrogens with zero attached hydrogens (tertiary/aromatic N) is 1. The number of carbonyl (C=O) groups excluding carboxylic acids is 3. The van der Waals surface area contributed by atoms with Crippen LogP contribution in [0.5, 0.6) is 0 Å². The molecule has 0 rings (SSSR count). The third kappa shape index (κ3) is 61.7. The Morgan fingerprint density at radius 3 is 1.01 bits per heavy atom. The quantitative estimate of drug-likeness (QED) is 0.0195. The van der Waals surface area contributed by atoms with E-state index in [2.05, 4.69) is 111 Å². The number of hydrogen-bond donors (Lipinski definition) is 0. The third-order valence-electron chi connectivity index (χ3n) is 13.8. The average Bonchev–Trinajstić information content (AvgIpc) is 3.42. The van der Waals surface area contributed by atoms with Gasteiger partial charge in [-0.25, -0.2) is 0 Å². The Morgan fingerprint density at radius 2 is 0.684 bits per heavy atom. The molecule has 0 saturated heterocycles. The summed E-state index contributed by atoms with van der Waals surface area (Å²) < 4.78 is 22.7. The number of ether oxygens (including phenoxy) is 4. The SMILES string of the molecule is CC/C=C\C/C=C\C/C=C\C/C=C\CCCCCCCCCCCCCCCCCCCCCCCCC(=O)OC(COC(=O)CCCCCCCC/C=C\C/C=C\C/C=C\C/C=C\CC)COC(OCC[N+](C)(C)C)C(=O)[O-]. The number of unbranched alkanes of at least 4 members (excludes halogenated alkanes) is 28. The number of esters is 2. The number of quaternary nitrogens is 1. The molecule has 454 valence electrons. The first-order valence-corrected chi connectivity index (χ1v) is 32.4. The summed E-state index contributed by atoms with van der Waals surface area (Å²) in [6.45, 7) is 4.52. The summed E-state index contributed by atoms with van der Waals surface area (Å²) in [5.41, 5.74) is 0. The van der Waals surface area contributed by atoms with Gasteiger partial charge in [0.05, 0.1) is 40.3 Å². The van der Waals surface area contributed by atoms with Gasteiger partial charge < -0.3 is 33.3 Å². The first kappa shape index (κ1) is 75.2. The van der Waals surface area contributed by atoms with Crippen molar-refractivity contribution in [1.29, 1.82) is 0 Å². The fraction of sp³-hybridized carbons (Fsp3) is 0.729. The molecule has 9 heteroatoms. The molecular formula is C70H121NO8. The minimum absolute atomic E-state index is 0.143. The highest BCUT2D eigenvalue weighted by molar-refractivity contribution is 5.70. The number of likely N-dealkylation sites (N-methyl/N-ethyl adjacent to an activating group) is 1. The van der Waals surface area contributed by atoms with Crippen LogP contribution in [0.15, 0.2) is 97.2 Å². The zero-order valence-corrected chi connectivity index (χ0v) is 51.7. The normalized spacial score (nSPS) is 13.4. The van der Waals surface area contributed by atoms with E-state index in [0.29, 0.717) is 17.4 Å². The molecule has 0 saturated carbocycles. The molecule has 9 nitrogen and oxygen atoms in total. The van der Waals surface area contributed by atoms with Gasteiger partial charge in [-0.1, -0.05) is 265 Å². The Morgan fingerprint density at radius 1 is 0.380 bits per heavy atom. The average molecular weight is 1100 g/mol. The molecule has 0 radical (unpaired) electrons. The standard InChI is InChI=1S/C70H121NO8/c1-6-8-10-12-14-16-18-20-22-24-26-27-28-29-30-31-32-33-34-35-36-37-38-39-40-41-43-45-47-49-51-53-55-57-59-61-68(73)79-66(65-78-70(69(74)75)76-63-62-71(3,4)5)64-77-67(72)60-58-56-54-52-50-48-46-44-42-25-23-21-19-17-15-13-11-9-7-2/h8-11,14-17,20-23,26-27,42,44,66,70H,6-7,12-13,18-19,24-25,28-41,43,45-65H2,1-5H3/b10-8-,11-9-,16-14-,17-15-,22-20-,23-21-,27-26-,44-42-. The number of allylic oxidation sites excluding steroid dienone is 16. The molecule has 0 fully saturated rings. The minimum Gasteiger partial charge on any atom is -0.545 e. The lowest BCUT2D eigenvalue weighted by Crippen LogP contribution is -2.44. The van der Waals surface area contributed by atoms with Gasteiger partial charge in [0.15, 0.2) is 12.4 Å². The van der Waals surface area contributed by atoms with Crippen molar-refractivity contribution >= 4 is 17.9 Å². The van der Waals surface area contributed by atoms with E-state index in [1.165, 1.54) is 128 Å². The van der Waals surface area contributed by atoms with Crippen molar-refractivity contribution in [3.8, 4) is 0 Å². The fourth-order valence-electron chi connectivity index (χ4n) is 8.93. The van der Waals surface area contributed by atoms with Crippen LogP contribution in [-0.4, -0.2) is 82.3 Å². The Balaban J connectivity index is 4.09. The molecule has 0 aromatic heterocycles. The van der Waals surface area contributed by atoms with Crippen molar-refractivity contribution in [2.45, 2.75) is 283 Å². The highest BCUT2D eigenvalue weighted by atomic mass is 16.7. The van der Waals surface area contributed by atoms with Crippen molar-refractivity contribution in [1.82, 2.24) is 0 Å². The molecule has 0 bridgehead atoms. The lowest BCUT2D eigenvalue weighted by molar-refractivity contribution is -0.870. The summed E-state index contributed by atoms with van der Waals surface area (Å²) in [5.74, 6) is -2.30. The summed E-state index contributed by atoms with van der Waals surface area (Å²) in [7, 11) is 5.92. The van der Waals surface area contributed by atoms with Gasteiger partial charge in [-0.3, -0.25) is 9.59 Å². The number of rotatable bonds is 59. The van der Waals surface area contributed by atoms with E-state index in [-0.39, 0.29) is 38.6 Å². The van der Waals surface area contributed by atoms with Gasteiger partial charge in [-0.15, -0.1) is 0 Å². The van der Waals surface area contributed by atoms with E-state index in [9.17, 15) is 19.5 Å². The maximum absolute atomic E-state index is 12.9. The van der Waals surface area contributed by atoms with E-state index in [1.54, 1.807) is 0 Å². The first-order chi connectivity index (χ1) is 38.6. The predicted octanol–water partition coefficient (Wildman–Crippen LogP) is 18.4. The Labute approximate surface area is 486 Å². The second-order valence-corrected chi connectivity index (χ2v) is 22.6. The van der Waals surface area contributed by atoms with Gasteiger partial charge in [-0.2, -0.15) is 0 Å². The molecule has 79 heavy (non-hydrogen) atoms. The number of aliphatic carboxylic acids is 1. The monoisotopic (exact) mass is 1100 g/mol. The van der Waals surface area contributed by atoms with E-state index in [0.717, 1.165) is 109 Å². The maximum Gasteiger partial charge on any atom is 0.306 e. The summed E-state index contributed by atoms with van der Waals surface area (Å²) in [4.78, 5) is 37.4. The van der Waals surface area contributed by atoms with Crippen LogP contribution in [0, 0.1) is 0 Å². The smallest absolute Gasteiger partial charge is 0.306 e. The van der Waals surface area contributed by atoms with Gasteiger partial charge >= 0.3 is 11.9 Å². The highest BCUT2D eigenvalue weighted by Gasteiger charge is 2.22. The van der Waals surface area contributed by atoms with Crippen LogP contribution in [-0.2, 0) is 33.3 Å². The Kier molecular flexibility index (Phi) is 57.4. The molecule has 2 unspecified atom stereocenters. The summed E-state index contributed by atoms with van der Waals surface area (Å²) in [6, 6.07) is 0. The molecule has 0 aromatic carbocycles. The Bertz CT molecular complexity index is 1620. The molecule has 0 N–H and O–H groups in total. The molecule has 0 aliphatic heterocycles. The molecule has 0 aliphatic rings. The largest absolute Gasteiger partial charge is 0.545 e. The van der Waals surface area contributed by atoms with Gasteiger partial charge in [0, 0.05) is 12.8 Å². The van der Waals surface area contributed by atoms with E-state index in [4.69, 9.17) is 18.9 Å². The maximum atomic E-state index is 12.9. The summed E-state index contributed by atoms with van der Waals surface area (Å²) in [5, 5.41) is 11.8. The molecule has 0 amide bonds. The van der Waals surface area contributed by atoms with Crippen LogP contribution in [0.4, 0.5) is 0 Å². The van der Waals surface area contributed by atoms with E-state index < -0.39 is 24.3 Å². The van der Waals surface area contributed by atoms with Gasteiger partial charge in [0.25, 0.3) is 0 Å². The molecule has 0 aliphatic carbocycles. The zero-order chi connectivity index (χ0) is 57.6. The zero-order valence-electron chi connectivity index (χ0n) is 51.7. The molecule has 0 spiro atoms. The molecule has 0 aromatic rings. The van der Waals surface area contributed by atoms with Crippen molar-refractivity contribution < 1.29 is 42.9 Å². The second-order valence-electron chi connectivity index (χ2n) is 22.6. The van der Waals surface area contributed by atoms with Crippen LogP contribution in [0.25, 0.3) is 0 Å². The minimum atomic E-state index is -1.63. The number of hydrogen-bond acceptors (Lipinski definition) is 8. The van der Waals surface area contributed by atoms with Crippen LogP contribution in [0.2, 0.25) is 0 Å². The summed E-state index contributed by atoms with van der Waals surface area (Å²) in [6.07, 6.45) is 79.1. The van der Waals surface area contributed by atoms with E-state index in [1.807, 2.05) is 21.1 Å². The van der Waals surface area contributed by atoms with Gasteiger partial charge in [-0.05, 0) is 89.9 Å². The first-order valence-electron chi connectivity index (χ1n) is 32.4. The lowest BCUT2D eigenvalue weighted by Gasteiger charge is -2.26. The third-order valence-corrected chi connectivity index (χ3v) is 13.8. The van der Waals surface area contributed by atoms with Crippen molar-refractivity contribution in [2.24, 2.45) is 0 Å². The predicted molar refractivity (Wildman–Crippen MR) is 334 cm³/mol. The highest BCUT2D eigenvalue weighted by Crippen LogP contribution is 2.17. The molecule has 0 heterocycles. The van der Waals surface area contributed by atoms with Crippen LogP contribution >= 0.6 is 0 Å². The number of carboxylic acids is 1. The molecule has 2 atom stereocenters. The van der Waals surface area contributed by atoms with Crippen LogP contribution < -0.4 is 5.11 Å². The fourth-order valence-corrected chi connectivity index (χ4v) is 8.93. The molecular weight excluding hydrogens is 983 g/mol. The van der Waals surface area contributed by atoms with Gasteiger partial charge in [0.1, 0.15) is 13.2 Å². The van der Waals surface area contributed by atoms with Crippen molar-refractivity contribution in [3.05, 3.63) is 97.2 Å².